The van der Waals surface area contributed by atoms with Crippen LogP contribution >= 0.6 is 0 Å². The maximum absolute atomic E-state index is 6.43. The molecule has 0 bridgehead atoms. The minimum Gasteiger partial charge on any atom is -0.398 e. The van der Waals surface area contributed by atoms with Crippen LogP contribution < -0.4 is 5.73 Å². The maximum atomic E-state index is 6.43. The molecular formula is C18H17N5. The number of nitrogen functional groups attached to an aromatic ring is 1. The minimum atomic E-state index is 0.726. The van der Waals surface area contributed by atoms with Gasteiger partial charge in [-0.05, 0) is 38.0 Å². The van der Waals surface area contributed by atoms with E-state index in [2.05, 4.69) is 10.1 Å². The Balaban J connectivity index is 2.13. The van der Waals surface area contributed by atoms with Crippen LogP contribution in [0.4, 0.5) is 5.69 Å². The summed E-state index contributed by atoms with van der Waals surface area (Å²) in [4.78, 5) is 9.30. The number of anilines is 1. The average Bonchev–Trinajstić information content (AvgIpc) is 2.87. The van der Waals surface area contributed by atoms with Gasteiger partial charge in [-0.1, -0.05) is 24.3 Å². The summed E-state index contributed by atoms with van der Waals surface area (Å²) in [5, 5.41) is 6.48. The fourth-order valence-electron chi connectivity index (χ4n) is 2.94. The van der Waals surface area contributed by atoms with Gasteiger partial charge in [-0.15, -0.1) is 0 Å². The molecule has 0 aliphatic carbocycles. The summed E-state index contributed by atoms with van der Waals surface area (Å²) >= 11 is 0. The highest BCUT2D eigenvalue weighted by atomic mass is 15.3. The number of para-hydroxylation sites is 1. The first-order valence-electron chi connectivity index (χ1n) is 7.53. The number of aromatic nitrogens is 4. The molecule has 4 rings (SSSR count). The van der Waals surface area contributed by atoms with Crippen molar-refractivity contribution in [2.75, 3.05) is 5.73 Å². The second kappa shape index (κ2) is 4.78. The molecule has 114 valence electrons. The smallest absolute Gasteiger partial charge is 0.167 e. The van der Waals surface area contributed by atoms with Gasteiger partial charge in [0.25, 0.3) is 0 Å². The van der Waals surface area contributed by atoms with Gasteiger partial charge in [-0.3, -0.25) is 0 Å². The van der Waals surface area contributed by atoms with Gasteiger partial charge in [-0.25, -0.2) is 9.97 Å². The van der Waals surface area contributed by atoms with Crippen LogP contribution in [0.1, 0.15) is 16.8 Å². The van der Waals surface area contributed by atoms with Crippen LogP contribution in [0.25, 0.3) is 27.8 Å². The lowest BCUT2D eigenvalue weighted by molar-refractivity contribution is 0.847. The van der Waals surface area contributed by atoms with Gasteiger partial charge in [-0.2, -0.15) is 9.78 Å². The van der Waals surface area contributed by atoms with Gasteiger partial charge < -0.3 is 5.73 Å². The summed E-state index contributed by atoms with van der Waals surface area (Å²) in [6, 6.07) is 10.0. The third-order valence-corrected chi connectivity index (χ3v) is 4.16. The first kappa shape index (κ1) is 13.7. The second-order valence-corrected chi connectivity index (χ2v) is 5.89. The molecule has 23 heavy (non-hydrogen) atoms. The van der Waals surface area contributed by atoms with Crippen molar-refractivity contribution in [1.29, 1.82) is 0 Å². The van der Waals surface area contributed by atoms with Crippen molar-refractivity contribution >= 4 is 27.6 Å². The number of rotatable bonds is 1. The number of pyridine rings is 2. The van der Waals surface area contributed by atoms with E-state index in [4.69, 9.17) is 10.7 Å². The summed E-state index contributed by atoms with van der Waals surface area (Å²) in [7, 11) is 0. The van der Waals surface area contributed by atoms with Crippen molar-refractivity contribution in [3.63, 3.8) is 0 Å². The lowest BCUT2D eigenvalue weighted by Crippen LogP contribution is -2.01. The molecule has 0 radical (unpaired) electrons. The lowest BCUT2D eigenvalue weighted by atomic mass is 10.1. The number of hydrogen-bond donors (Lipinski definition) is 1. The number of hydrogen-bond acceptors (Lipinski definition) is 4. The lowest BCUT2D eigenvalue weighted by Gasteiger charge is -2.07. The molecule has 0 saturated carbocycles. The van der Waals surface area contributed by atoms with Crippen LogP contribution in [0.5, 0.6) is 0 Å². The molecule has 0 spiro atoms. The predicted molar refractivity (Wildman–Crippen MR) is 92.8 cm³/mol. The molecule has 1 aromatic carbocycles. The fraction of sp³-hybridized carbons (Fsp3) is 0.167. The molecule has 0 saturated heterocycles. The third-order valence-electron chi connectivity index (χ3n) is 4.16. The fourth-order valence-corrected chi connectivity index (χ4v) is 2.94. The summed E-state index contributed by atoms with van der Waals surface area (Å²) in [6.07, 6.45) is 1.83. The number of fused-ring (bicyclic) bond motifs is 2. The van der Waals surface area contributed by atoms with Gasteiger partial charge in [0.1, 0.15) is 0 Å². The van der Waals surface area contributed by atoms with Crippen molar-refractivity contribution in [3.8, 4) is 5.82 Å². The molecule has 0 aliphatic heterocycles. The van der Waals surface area contributed by atoms with Crippen LogP contribution in [0.15, 0.2) is 36.5 Å². The Labute approximate surface area is 133 Å². The zero-order valence-corrected chi connectivity index (χ0v) is 13.3. The molecule has 2 N–H and O–H groups in total. The van der Waals surface area contributed by atoms with Gasteiger partial charge in [0, 0.05) is 11.6 Å². The van der Waals surface area contributed by atoms with Crippen molar-refractivity contribution < 1.29 is 0 Å². The van der Waals surface area contributed by atoms with Gasteiger partial charge in [0.15, 0.2) is 11.5 Å². The molecule has 5 heteroatoms. The molecule has 0 amide bonds. The Morgan fingerprint density at radius 2 is 1.87 bits per heavy atom. The Kier molecular flexibility index (Phi) is 2.84. The highest BCUT2D eigenvalue weighted by Crippen LogP contribution is 2.32. The van der Waals surface area contributed by atoms with E-state index in [0.29, 0.717) is 0 Å². The van der Waals surface area contributed by atoms with E-state index >= 15 is 0 Å². The monoisotopic (exact) mass is 303 g/mol. The van der Waals surface area contributed by atoms with Crippen LogP contribution in [-0.2, 0) is 0 Å². The van der Waals surface area contributed by atoms with Crippen molar-refractivity contribution in [3.05, 3.63) is 53.3 Å². The van der Waals surface area contributed by atoms with E-state index in [9.17, 15) is 0 Å². The van der Waals surface area contributed by atoms with Crippen LogP contribution in [0.2, 0.25) is 0 Å². The summed E-state index contributed by atoms with van der Waals surface area (Å²) in [6.45, 7) is 6.00. The van der Waals surface area contributed by atoms with Crippen molar-refractivity contribution in [2.24, 2.45) is 0 Å². The van der Waals surface area contributed by atoms with Gasteiger partial charge in [0.05, 0.1) is 22.3 Å². The summed E-state index contributed by atoms with van der Waals surface area (Å²) in [5.41, 5.74) is 11.9. The molecule has 0 atom stereocenters. The van der Waals surface area contributed by atoms with Crippen molar-refractivity contribution in [2.45, 2.75) is 20.8 Å². The molecule has 4 aromatic rings. The maximum Gasteiger partial charge on any atom is 0.167 e. The normalized spacial score (nSPS) is 11.4. The SMILES string of the molecule is Cc1ccc(-n2nc(C)c3c(N)c4cccc(C)c4nc32)nc1. The Morgan fingerprint density at radius 1 is 1.04 bits per heavy atom. The Hall–Kier alpha value is -2.95. The number of nitrogens with zero attached hydrogens (tertiary/aromatic N) is 4. The van der Waals surface area contributed by atoms with Crippen LogP contribution in [-0.4, -0.2) is 19.7 Å². The Bertz CT molecular complexity index is 1040. The molecule has 0 fully saturated rings. The summed E-state index contributed by atoms with van der Waals surface area (Å²) < 4.78 is 1.77. The average molecular weight is 303 g/mol. The van der Waals surface area contributed by atoms with E-state index in [1.807, 2.05) is 57.3 Å². The summed E-state index contributed by atoms with van der Waals surface area (Å²) in [5.74, 6) is 0.744. The second-order valence-electron chi connectivity index (χ2n) is 5.89. The number of aryl methyl sites for hydroxylation is 3. The first-order valence-corrected chi connectivity index (χ1v) is 7.53. The predicted octanol–water partition coefficient (Wildman–Crippen LogP) is 3.48. The Morgan fingerprint density at radius 3 is 2.61 bits per heavy atom. The topological polar surface area (TPSA) is 69.6 Å². The highest BCUT2D eigenvalue weighted by Gasteiger charge is 2.17. The quantitative estimate of drug-likeness (QED) is 0.584. The van der Waals surface area contributed by atoms with E-state index in [-0.39, 0.29) is 0 Å². The number of nitrogens with two attached hydrogens (primary N) is 1. The largest absolute Gasteiger partial charge is 0.398 e. The molecule has 0 aliphatic rings. The minimum absolute atomic E-state index is 0.726. The zero-order valence-electron chi connectivity index (χ0n) is 13.3. The van der Waals surface area contributed by atoms with Gasteiger partial charge >= 0.3 is 0 Å². The first-order chi connectivity index (χ1) is 11.1. The molecular weight excluding hydrogens is 286 g/mol. The molecule has 0 unspecified atom stereocenters. The standard InChI is InChI=1S/C18H17N5/c1-10-7-8-14(20-9-10)23-18-15(12(3)22-23)16(19)13-6-4-5-11(2)17(13)21-18/h4-9H,1-3H3,(H2,19,21). The highest BCUT2D eigenvalue weighted by molar-refractivity contribution is 6.07. The zero-order chi connectivity index (χ0) is 16.1. The molecule has 3 heterocycles. The van der Waals surface area contributed by atoms with E-state index in [1.54, 1.807) is 4.68 Å². The van der Waals surface area contributed by atoms with Crippen LogP contribution in [0, 0.1) is 20.8 Å². The molecule has 5 nitrogen and oxygen atoms in total. The van der Waals surface area contributed by atoms with E-state index < -0.39 is 0 Å². The van der Waals surface area contributed by atoms with Crippen molar-refractivity contribution in [1.82, 2.24) is 19.7 Å². The van der Waals surface area contributed by atoms with E-state index in [1.165, 1.54) is 0 Å². The third kappa shape index (κ3) is 1.97. The van der Waals surface area contributed by atoms with Gasteiger partial charge in [0.2, 0.25) is 0 Å². The van der Waals surface area contributed by atoms with Crippen LogP contribution in [0.3, 0.4) is 0 Å². The number of benzene rings is 1. The van der Waals surface area contributed by atoms with E-state index in [0.717, 1.165) is 50.3 Å². The molecule has 3 aromatic heterocycles.